The van der Waals surface area contributed by atoms with Crippen molar-refractivity contribution in [2.24, 2.45) is 5.92 Å². The van der Waals surface area contributed by atoms with Crippen molar-refractivity contribution in [3.63, 3.8) is 0 Å². The fourth-order valence-electron chi connectivity index (χ4n) is 3.60. The Morgan fingerprint density at radius 3 is 2.88 bits per heavy atom. The molecule has 0 saturated heterocycles. The second-order valence-electron chi connectivity index (χ2n) is 6.45. The monoisotopic (exact) mass is 328 g/mol. The third kappa shape index (κ3) is 3.61. The average Bonchev–Trinajstić information content (AvgIpc) is 3.03. The number of fused-ring (bicyclic) bond motifs is 1. The van der Waals surface area contributed by atoms with Crippen LogP contribution in [0, 0.1) is 5.92 Å². The van der Waals surface area contributed by atoms with Crippen molar-refractivity contribution in [1.29, 1.82) is 0 Å². The molecule has 1 aromatic heterocycles. The first-order valence-corrected chi connectivity index (χ1v) is 8.61. The van der Waals surface area contributed by atoms with E-state index in [1.807, 2.05) is 24.4 Å². The molecule has 0 radical (unpaired) electrons. The number of aryl methyl sites for hydroxylation is 1. The van der Waals surface area contributed by atoms with Gasteiger partial charge in [0, 0.05) is 29.6 Å². The van der Waals surface area contributed by atoms with Crippen LogP contribution in [-0.4, -0.2) is 30.0 Å². The van der Waals surface area contributed by atoms with E-state index in [9.17, 15) is 9.59 Å². The summed E-state index contributed by atoms with van der Waals surface area (Å²) in [4.78, 5) is 27.4. The molecular weight excluding hydrogens is 304 g/mol. The zero-order chi connectivity index (χ0) is 16.9. The second kappa shape index (κ2) is 7.51. The number of ether oxygens (including phenoxy) is 1. The highest BCUT2D eigenvalue weighted by atomic mass is 16.5. The van der Waals surface area contributed by atoms with Crippen LogP contribution in [0.25, 0.3) is 10.9 Å². The van der Waals surface area contributed by atoms with Gasteiger partial charge in [-0.3, -0.25) is 9.59 Å². The summed E-state index contributed by atoms with van der Waals surface area (Å²) in [5, 5.41) is 4.21. The van der Waals surface area contributed by atoms with Crippen LogP contribution in [0.4, 0.5) is 0 Å². The van der Waals surface area contributed by atoms with Crippen LogP contribution < -0.4 is 5.32 Å². The van der Waals surface area contributed by atoms with Gasteiger partial charge in [0.05, 0.1) is 13.0 Å². The molecule has 128 valence electrons. The van der Waals surface area contributed by atoms with Crippen molar-refractivity contribution in [1.82, 2.24) is 10.3 Å². The largest absolute Gasteiger partial charge is 0.469 e. The normalized spacial score (nSPS) is 20.7. The second-order valence-corrected chi connectivity index (χ2v) is 6.45. The number of aromatic nitrogens is 1. The smallest absolute Gasteiger partial charge is 0.310 e. The number of hydrogen-bond acceptors (Lipinski definition) is 3. The highest BCUT2D eigenvalue weighted by Crippen LogP contribution is 2.26. The standard InChI is InChI=1S/C19H24N2O3/c1-24-19(23)15-7-3-5-9-17(15)21-18(22)11-10-13-12-20-16-8-4-2-6-14(13)16/h2,4,6,8,12,15,17,20H,3,5,7,9-11H2,1H3,(H,21,22)/t15-,17-/m0/s1. The highest BCUT2D eigenvalue weighted by Gasteiger charge is 2.32. The number of aromatic amines is 1. The van der Waals surface area contributed by atoms with E-state index >= 15 is 0 Å². The Labute approximate surface area is 141 Å². The van der Waals surface area contributed by atoms with Crippen molar-refractivity contribution in [3.05, 3.63) is 36.0 Å². The number of carbonyl (C=O) groups excluding carboxylic acids is 2. The molecule has 2 aromatic rings. The molecule has 0 unspecified atom stereocenters. The van der Waals surface area contributed by atoms with Gasteiger partial charge in [-0.1, -0.05) is 31.0 Å². The molecule has 0 bridgehead atoms. The molecule has 1 heterocycles. The Balaban J connectivity index is 1.58. The lowest BCUT2D eigenvalue weighted by Crippen LogP contribution is -2.45. The molecule has 24 heavy (non-hydrogen) atoms. The van der Waals surface area contributed by atoms with Gasteiger partial charge in [-0.2, -0.15) is 0 Å². The average molecular weight is 328 g/mol. The summed E-state index contributed by atoms with van der Waals surface area (Å²) in [7, 11) is 1.41. The molecule has 3 rings (SSSR count). The van der Waals surface area contributed by atoms with Crippen molar-refractivity contribution in [3.8, 4) is 0 Å². The molecule has 2 N–H and O–H groups in total. The van der Waals surface area contributed by atoms with E-state index in [2.05, 4.69) is 16.4 Å². The maximum Gasteiger partial charge on any atom is 0.310 e. The van der Waals surface area contributed by atoms with Crippen LogP contribution in [0.1, 0.15) is 37.7 Å². The Morgan fingerprint density at radius 2 is 2.04 bits per heavy atom. The van der Waals surface area contributed by atoms with Crippen molar-refractivity contribution in [2.75, 3.05) is 7.11 Å². The number of nitrogens with one attached hydrogen (secondary N) is 2. The number of para-hydroxylation sites is 1. The first-order chi connectivity index (χ1) is 11.7. The number of amides is 1. The predicted octanol–water partition coefficient (Wildman–Crippen LogP) is 2.95. The van der Waals surface area contributed by atoms with Gasteiger partial charge in [-0.05, 0) is 30.9 Å². The van der Waals surface area contributed by atoms with Crippen LogP contribution in [0.5, 0.6) is 0 Å². The molecule has 2 atom stereocenters. The van der Waals surface area contributed by atoms with Gasteiger partial charge in [0.2, 0.25) is 5.91 Å². The van der Waals surface area contributed by atoms with Crippen LogP contribution in [0.3, 0.4) is 0 Å². The van der Waals surface area contributed by atoms with Gasteiger partial charge in [0.25, 0.3) is 0 Å². The van der Waals surface area contributed by atoms with Crippen LogP contribution in [-0.2, 0) is 20.7 Å². The van der Waals surface area contributed by atoms with E-state index in [1.54, 1.807) is 0 Å². The number of esters is 1. The Hall–Kier alpha value is -2.30. The summed E-state index contributed by atoms with van der Waals surface area (Å²) >= 11 is 0. The van der Waals surface area contributed by atoms with E-state index in [0.29, 0.717) is 12.8 Å². The summed E-state index contributed by atoms with van der Waals surface area (Å²) < 4.78 is 4.87. The van der Waals surface area contributed by atoms with E-state index in [1.165, 1.54) is 7.11 Å². The molecule has 0 aliphatic heterocycles. The molecule has 5 nitrogen and oxygen atoms in total. The molecular formula is C19H24N2O3. The Morgan fingerprint density at radius 1 is 1.25 bits per heavy atom. The lowest BCUT2D eigenvalue weighted by molar-refractivity contribution is -0.147. The number of benzene rings is 1. The van der Waals surface area contributed by atoms with Gasteiger partial charge in [-0.25, -0.2) is 0 Å². The molecule has 1 amide bonds. The number of carbonyl (C=O) groups is 2. The molecule has 1 saturated carbocycles. The van der Waals surface area contributed by atoms with Gasteiger partial charge in [-0.15, -0.1) is 0 Å². The van der Waals surface area contributed by atoms with E-state index in [-0.39, 0.29) is 23.8 Å². The number of methoxy groups -OCH3 is 1. The molecule has 0 spiro atoms. The fraction of sp³-hybridized carbons (Fsp3) is 0.474. The van der Waals surface area contributed by atoms with E-state index < -0.39 is 0 Å². The summed E-state index contributed by atoms with van der Waals surface area (Å²) in [5.41, 5.74) is 2.24. The molecule has 5 heteroatoms. The lowest BCUT2D eigenvalue weighted by atomic mass is 9.84. The first kappa shape index (κ1) is 16.6. The summed E-state index contributed by atoms with van der Waals surface area (Å²) in [5.74, 6) is -0.418. The van der Waals surface area contributed by atoms with Crippen molar-refractivity contribution in [2.45, 2.75) is 44.6 Å². The molecule has 1 aliphatic rings. The molecule has 1 fully saturated rings. The maximum atomic E-state index is 12.3. The van der Waals surface area contributed by atoms with E-state index in [0.717, 1.165) is 42.1 Å². The zero-order valence-electron chi connectivity index (χ0n) is 14.0. The van der Waals surface area contributed by atoms with Gasteiger partial charge in [0.1, 0.15) is 0 Å². The van der Waals surface area contributed by atoms with Crippen LogP contribution in [0.15, 0.2) is 30.5 Å². The van der Waals surface area contributed by atoms with Crippen LogP contribution >= 0.6 is 0 Å². The molecule has 1 aliphatic carbocycles. The Bertz CT molecular complexity index is 722. The zero-order valence-corrected chi connectivity index (χ0v) is 14.0. The quantitative estimate of drug-likeness (QED) is 0.829. The maximum absolute atomic E-state index is 12.3. The highest BCUT2D eigenvalue weighted by molar-refractivity contribution is 5.84. The fourth-order valence-corrected chi connectivity index (χ4v) is 3.60. The number of H-pyrrole nitrogens is 1. The number of rotatable bonds is 5. The summed E-state index contributed by atoms with van der Waals surface area (Å²) in [6, 6.07) is 7.99. The summed E-state index contributed by atoms with van der Waals surface area (Å²) in [6.45, 7) is 0. The predicted molar refractivity (Wildman–Crippen MR) is 92.5 cm³/mol. The minimum absolute atomic E-state index is 0.00100. The molecule has 1 aromatic carbocycles. The van der Waals surface area contributed by atoms with Gasteiger partial charge >= 0.3 is 5.97 Å². The third-order valence-corrected chi connectivity index (χ3v) is 4.91. The third-order valence-electron chi connectivity index (χ3n) is 4.91. The van der Waals surface area contributed by atoms with Crippen molar-refractivity contribution < 1.29 is 14.3 Å². The van der Waals surface area contributed by atoms with E-state index in [4.69, 9.17) is 4.74 Å². The Kier molecular flexibility index (Phi) is 5.18. The lowest BCUT2D eigenvalue weighted by Gasteiger charge is -2.30. The minimum Gasteiger partial charge on any atom is -0.469 e. The summed E-state index contributed by atoms with van der Waals surface area (Å²) in [6.07, 6.45) is 6.77. The van der Waals surface area contributed by atoms with Crippen LogP contribution in [0.2, 0.25) is 0 Å². The SMILES string of the molecule is COC(=O)[C@H]1CCCC[C@@H]1NC(=O)CCc1c[nH]c2ccccc12. The first-order valence-electron chi connectivity index (χ1n) is 8.61. The van der Waals surface area contributed by atoms with Gasteiger partial charge in [0.15, 0.2) is 0 Å². The van der Waals surface area contributed by atoms with Crippen molar-refractivity contribution >= 4 is 22.8 Å². The minimum atomic E-state index is -0.211. The van der Waals surface area contributed by atoms with Gasteiger partial charge < -0.3 is 15.0 Å². The number of hydrogen-bond donors (Lipinski definition) is 2. The topological polar surface area (TPSA) is 71.2 Å².